The Morgan fingerprint density at radius 2 is 2.14 bits per heavy atom. The number of hydrogen-bond donors (Lipinski definition) is 1. The smallest absolute Gasteiger partial charge is 0.305 e. The van der Waals surface area contributed by atoms with E-state index >= 15 is 0 Å². The summed E-state index contributed by atoms with van der Waals surface area (Å²) in [6.07, 6.45) is -0.398. The molecule has 1 unspecified atom stereocenters. The highest BCUT2D eigenvalue weighted by Crippen LogP contribution is 2.36. The number of piperidine rings is 1. The number of ether oxygens (including phenoxy) is 1. The SMILES string of the molecule is COC(=O)CC1CN(c2ccc(-c3onc(C)c3CO)nc2C)CC(F)(F)C1. The number of nitrogens with zero attached hydrogens (tertiary/aromatic N) is 3. The lowest BCUT2D eigenvalue weighted by Gasteiger charge is -2.39. The number of aliphatic hydroxyl groups is 1. The third-order valence-electron chi connectivity index (χ3n) is 4.95. The van der Waals surface area contributed by atoms with Crippen LogP contribution in [0.5, 0.6) is 0 Å². The second-order valence-electron chi connectivity index (χ2n) is 7.12. The summed E-state index contributed by atoms with van der Waals surface area (Å²) in [7, 11) is 1.25. The molecule has 0 saturated carbocycles. The molecule has 0 bridgehead atoms. The van der Waals surface area contributed by atoms with E-state index in [1.54, 1.807) is 30.9 Å². The fourth-order valence-corrected chi connectivity index (χ4v) is 3.64. The highest BCUT2D eigenvalue weighted by molar-refractivity contribution is 5.69. The predicted octanol–water partition coefficient (Wildman–Crippen LogP) is 2.87. The van der Waals surface area contributed by atoms with E-state index in [1.165, 1.54) is 7.11 Å². The van der Waals surface area contributed by atoms with E-state index in [-0.39, 0.29) is 19.4 Å². The Morgan fingerprint density at radius 3 is 2.79 bits per heavy atom. The van der Waals surface area contributed by atoms with E-state index in [9.17, 15) is 18.7 Å². The molecule has 28 heavy (non-hydrogen) atoms. The highest BCUT2D eigenvalue weighted by atomic mass is 19.3. The number of pyridine rings is 1. The Balaban J connectivity index is 1.87. The largest absolute Gasteiger partial charge is 0.469 e. The number of aromatic nitrogens is 2. The molecule has 3 rings (SSSR count). The zero-order chi connectivity index (χ0) is 20.5. The van der Waals surface area contributed by atoms with Crippen LogP contribution in [0, 0.1) is 19.8 Å². The minimum absolute atomic E-state index is 0.0512. The molecule has 0 amide bonds. The molecule has 1 fully saturated rings. The van der Waals surface area contributed by atoms with Crippen LogP contribution < -0.4 is 4.90 Å². The van der Waals surface area contributed by atoms with Crippen molar-refractivity contribution < 1.29 is 27.9 Å². The van der Waals surface area contributed by atoms with Crippen LogP contribution in [-0.2, 0) is 16.1 Å². The second-order valence-corrected chi connectivity index (χ2v) is 7.12. The zero-order valence-corrected chi connectivity index (χ0v) is 16.0. The lowest BCUT2D eigenvalue weighted by atomic mass is 9.91. The van der Waals surface area contributed by atoms with Crippen molar-refractivity contribution in [2.45, 2.75) is 39.2 Å². The normalized spacial score (nSPS) is 18.9. The number of carbonyl (C=O) groups excluding carboxylic acids is 1. The van der Waals surface area contributed by atoms with E-state index in [2.05, 4.69) is 14.9 Å². The number of anilines is 1. The summed E-state index contributed by atoms with van der Waals surface area (Å²) in [5.74, 6) is -3.55. The minimum atomic E-state index is -2.91. The molecule has 0 aliphatic carbocycles. The quantitative estimate of drug-likeness (QED) is 0.779. The number of halogens is 2. The monoisotopic (exact) mass is 395 g/mol. The number of hydrogen-bond acceptors (Lipinski definition) is 7. The van der Waals surface area contributed by atoms with Crippen LogP contribution in [0.15, 0.2) is 16.7 Å². The van der Waals surface area contributed by atoms with Crippen LogP contribution in [0.3, 0.4) is 0 Å². The Morgan fingerprint density at radius 1 is 1.39 bits per heavy atom. The van der Waals surface area contributed by atoms with Gasteiger partial charge in [-0.2, -0.15) is 0 Å². The van der Waals surface area contributed by atoms with Gasteiger partial charge in [0.25, 0.3) is 5.92 Å². The third kappa shape index (κ3) is 4.14. The van der Waals surface area contributed by atoms with E-state index in [0.717, 1.165) is 0 Å². The molecular formula is C19H23F2N3O4. The van der Waals surface area contributed by atoms with Gasteiger partial charge in [0, 0.05) is 18.5 Å². The van der Waals surface area contributed by atoms with Gasteiger partial charge in [-0.05, 0) is 31.9 Å². The topological polar surface area (TPSA) is 88.7 Å². The van der Waals surface area contributed by atoms with Gasteiger partial charge in [-0.25, -0.2) is 13.8 Å². The molecule has 152 valence electrons. The Hall–Kier alpha value is -2.55. The average molecular weight is 395 g/mol. The van der Waals surface area contributed by atoms with Crippen molar-refractivity contribution in [3.8, 4) is 11.5 Å². The summed E-state index contributed by atoms with van der Waals surface area (Å²) in [4.78, 5) is 17.6. The number of aryl methyl sites for hydroxylation is 2. The van der Waals surface area contributed by atoms with Gasteiger partial charge >= 0.3 is 5.97 Å². The van der Waals surface area contributed by atoms with Gasteiger partial charge in [-0.15, -0.1) is 0 Å². The number of esters is 1. The molecule has 0 radical (unpaired) electrons. The molecule has 0 aromatic carbocycles. The van der Waals surface area contributed by atoms with E-state index < -0.39 is 24.4 Å². The third-order valence-corrected chi connectivity index (χ3v) is 4.95. The molecule has 1 atom stereocenters. The summed E-state index contributed by atoms with van der Waals surface area (Å²) in [5, 5.41) is 13.3. The van der Waals surface area contributed by atoms with E-state index in [1.807, 2.05) is 0 Å². The molecule has 7 nitrogen and oxygen atoms in total. The van der Waals surface area contributed by atoms with Crippen molar-refractivity contribution in [2.24, 2.45) is 5.92 Å². The number of carbonyl (C=O) groups is 1. The van der Waals surface area contributed by atoms with E-state index in [0.29, 0.717) is 40.6 Å². The minimum Gasteiger partial charge on any atom is -0.469 e. The van der Waals surface area contributed by atoms with Gasteiger partial charge in [0.1, 0.15) is 5.69 Å². The molecule has 1 saturated heterocycles. The molecule has 3 heterocycles. The lowest BCUT2D eigenvalue weighted by Crippen LogP contribution is -2.48. The lowest BCUT2D eigenvalue weighted by molar-refractivity contribution is -0.142. The first-order chi connectivity index (χ1) is 13.2. The first-order valence-corrected chi connectivity index (χ1v) is 8.97. The van der Waals surface area contributed by atoms with Gasteiger partial charge < -0.3 is 19.3 Å². The molecule has 1 N–H and O–H groups in total. The van der Waals surface area contributed by atoms with Crippen LogP contribution in [0.4, 0.5) is 14.5 Å². The van der Waals surface area contributed by atoms with Crippen molar-refractivity contribution >= 4 is 11.7 Å². The number of rotatable bonds is 5. The summed E-state index contributed by atoms with van der Waals surface area (Å²) in [6, 6.07) is 3.36. The standard InChI is InChI=1S/C19H23F2N3O4/c1-11-14(9-25)18(28-23-11)15-4-5-16(12(2)22-15)24-8-13(6-17(26)27-3)7-19(20,21)10-24/h4-5,13,25H,6-10H2,1-3H3. The number of methoxy groups -OCH3 is 1. The molecule has 2 aromatic heterocycles. The highest BCUT2D eigenvalue weighted by Gasteiger charge is 2.41. The maximum Gasteiger partial charge on any atom is 0.305 e. The fraction of sp³-hybridized carbons (Fsp3) is 0.526. The van der Waals surface area contributed by atoms with Gasteiger partial charge in [-0.1, -0.05) is 5.16 Å². The molecule has 1 aliphatic heterocycles. The fourth-order valence-electron chi connectivity index (χ4n) is 3.64. The van der Waals surface area contributed by atoms with E-state index in [4.69, 9.17) is 4.52 Å². The first kappa shape index (κ1) is 20.2. The van der Waals surface area contributed by atoms with Crippen molar-refractivity contribution in [2.75, 3.05) is 25.1 Å². The van der Waals surface area contributed by atoms with Gasteiger partial charge in [0.2, 0.25) is 0 Å². The van der Waals surface area contributed by atoms with Crippen LogP contribution in [0.25, 0.3) is 11.5 Å². The molecule has 1 aliphatic rings. The van der Waals surface area contributed by atoms with Crippen LogP contribution in [-0.4, -0.2) is 47.3 Å². The van der Waals surface area contributed by atoms with Crippen molar-refractivity contribution in [1.29, 1.82) is 0 Å². The van der Waals surface area contributed by atoms with Gasteiger partial charge in [0.05, 0.1) is 43.8 Å². The number of aliphatic hydroxyl groups excluding tert-OH is 1. The Bertz CT molecular complexity index is 869. The maximum absolute atomic E-state index is 14.3. The van der Waals surface area contributed by atoms with Gasteiger partial charge in [0.15, 0.2) is 5.76 Å². The maximum atomic E-state index is 14.3. The van der Waals surface area contributed by atoms with Crippen LogP contribution >= 0.6 is 0 Å². The predicted molar refractivity (Wildman–Crippen MR) is 97.0 cm³/mol. The first-order valence-electron chi connectivity index (χ1n) is 8.97. The molecular weight excluding hydrogens is 372 g/mol. The summed E-state index contributed by atoms with van der Waals surface area (Å²) in [5.41, 5.74) is 2.70. The van der Waals surface area contributed by atoms with Crippen molar-refractivity contribution in [3.63, 3.8) is 0 Å². The van der Waals surface area contributed by atoms with Crippen molar-refractivity contribution in [3.05, 3.63) is 29.1 Å². The Kier molecular flexibility index (Phi) is 5.64. The summed E-state index contributed by atoms with van der Waals surface area (Å²) < 4.78 is 38.4. The summed E-state index contributed by atoms with van der Waals surface area (Å²) >= 11 is 0. The average Bonchev–Trinajstić information content (AvgIpc) is 3.00. The molecule has 0 spiro atoms. The molecule has 2 aromatic rings. The van der Waals surface area contributed by atoms with Gasteiger partial charge in [-0.3, -0.25) is 4.79 Å². The van der Waals surface area contributed by atoms with Crippen LogP contribution in [0.2, 0.25) is 0 Å². The molecule has 9 heteroatoms. The Labute approximate surface area is 161 Å². The van der Waals surface area contributed by atoms with Crippen LogP contribution in [0.1, 0.15) is 29.8 Å². The number of alkyl halides is 2. The second kappa shape index (κ2) is 7.83. The zero-order valence-electron chi connectivity index (χ0n) is 16.0. The summed E-state index contributed by atoms with van der Waals surface area (Å²) in [6.45, 7) is 3.09. The van der Waals surface area contributed by atoms with Crippen molar-refractivity contribution in [1.82, 2.24) is 10.1 Å².